The minimum absolute atomic E-state index is 0.0972. The molecule has 4 amide bonds. The monoisotopic (exact) mass is 554 g/mol. The summed E-state index contributed by atoms with van der Waals surface area (Å²) in [6, 6.07) is 4.87. The van der Waals surface area contributed by atoms with Gasteiger partial charge in [-0.1, -0.05) is 23.8 Å². The number of benzene rings is 1. The normalized spacial score (nSPS) is 29.2. The van der Waals surface area contributed by atoms with Crippen molar-refractivity contribution >= 4 is 35.6 Å². The van der Waals surface area contributed by atoms with Gasteiger partial charge in [-0.05, 0) is 31.7 Å². The summed E-state index contributed by atoms with van der Waals surface area (Å²) in [4.78, 5) is 78.2. The second-order valence-electron chi connectivity index (χ2n) is 10.6. The zero-order valence-corrected chi connectivity index (χ0v) is 21.8. The fourth-order valence-corrected chi connectivity index (χ4v) is 6.98. The quantitative estimate of drug-likeness (QED) is 0.298. The lowest BCUT2D eigenvalue weighted by molar-refractivity contribution is -0.145. The van der Waals surface area contributed by atoms with Crippen LogP contribution in [0.3, 0.4) is 0 Å². The van der Waals surface area contributed by atoms with E-state index in [1.807, 2.05) is 6.08 Å². The van der Waals surface area contributed by atoms with E-state index in [0.717, 1.165) is 9.80 Å². The highest BCUT2D eigenvalue weighted by Gasteiger charge is 2.62. The molecule has 2 aliphatic carbocycles. The highest BCUT2D eigenvalue weighted by atomic mass is 16.5. The molecule has 0 aromatic heterocycles. The van der Waals surface area contributed by atoms with Crippen LogP contribution in [0.25, 0.3) is 0 Å². The molecule has 2 heterocycles. The van der Waals surface area contributed by atoms with Gasteiger partial charge in [-0.15, -0.1) is 0 Å². The number of carboxylic acid groups (broad SMARTS) is 2. The number of aromatic hydroxyl groups is 1. The summed E-state index contributed by atoms with van der Waals surface area (Å²) in [5.41, 5.74) is 1.00. The molecule has 3 N–H and O–H groups in total. The molecule has 1 saturated carbocycles. The van der Waals surface area contributed by atoms with E-state index in [1.54, 1.807) is 25.1 Å². The lowest BCUT2D eigenvalue weighted by Gasteiger charge is -2.44. The van der Waals surface area contributed by atoms with E-state index in [4.69, 9.17) is 14.9 Å². The zero-order valence-electron chi connectivity index (χ0n) is 21.8. The van der Waals surface area contributed by atoms with Crippen LogP contribution in [-0.4, -0.2) is 80.4 Å². The van der Waals surface area contributed by atoms with Gasteiger partial charge in [0.1, 0.15) is 0 Å². The van der Waals surface area contributed by atoms with Gasteiger partial charge in [-0.3, -0.25) is 38.6 Å². The van der Waals surface area contributed by atoms with E-state index in [9.17, 15) is 33.9 Å². The van der Waals surface area contributed by atoms with Gasteiger partial charge in [0.25, 0.3) is 0 Å². The van der Waals surface area contributed by atoms with Crippen LogP contribution in [0.5, 0.6) is 11.5 Å². The van der Waals surface area contributed by atoms with E-state index >= 15 is 0 Å². The first-order valence-electron chi connectivity index (χ1n) is 13.3. The summed E-state index contributed by atoms with van der Waals surface area (Å²) in [5, 5.41) is 29.5. The van der Waals surface area contributed by atoms with Gasteiger partial charge >= 0.3 is 11.9 Å². The number of amides is 4. The van der Waals surface area contributed by atoms with Crippen LogP contribution in [0.15, 0.2) is 29.8 Å². The lowest BCUT2D eigenvalue weighted by Crippen LogP contribution is -2.43. The Morgan fingerprint density at radius 3 is 2.08 bits per heavy atom. The fourth-order valence-electron chi connectivity index (χ4n) is 6.98. The van der Waals surface area contributed by atoms with Crippen molar-refractivity contribution in [2.45, 2.75) is 38.5 Å². The van der Waals surface area contributed by atoms with Gasteiger partial charge in [0.2, 0.25) is 23.6 Å². The molecule has 2 saturated heterocycles. The number of carbonyl (C=O) groups is 6. The molecule has 40 heavy (non-hydrogen) atoms. The Bertz CT molecular complexity index is 1340. The molecular formula is C28H30N2O10. The van der Waals surface area contributed by atoms with Crippen molar-refractivity contribution in [3.63, 3.8) is 0 Å². The second-order valence-corrected chi connectivity index (χ2v) is 10.6. The summed E-state index contributed by atoms with van der Waals surface area (Å²) < 4.78 is 5.56. The van der Waals surface area contributed by atoms with Crippen LogP contribution >= 0.6 is 0 Å². The molecule has 0 unspecified atom stereocenters. The molecular weight excluding hydrogens is 524 g/mol. The van der Waals surface area contributed by atoms with E-state index in [1.165, 1.54) is 0 Å². The second kappa shape index (κ2) is 10.4. The first-order valence-corrected chi connectivity index (χ1v) is 13.3. The summed E-state index contributed by atoms with van der Waals surface area (Å²) in [7, 11) is 0. The SMILES string of the molecule is CCOc1cccc([C@H]2C3=CC[C@@H]4C(=O)N(CCC(=O)O)C(=O)[C@@H]4[C@@H]3C[C@H]3C(=O)N(CCC(=O)O)C(=O)[C@@H]23)c1O. The van der Waals surface area contributed by atoms with Gasteiger partial charge in [0.05, 0.1) is 43.1 Å². The molecule has 12 nitrogen and oxygen atoms in total. The Hall–Kier alpha value is -4.22. The van der Waals surface area contributed by atoms with Crippen LogP contribution in [0.2, 0.25) is 0 Å². The molecule has 2 aliphatic heterocycles. The maximum Gasteiger partial charge on any atom is 0.305 e. The molecule has 6 atom stereocenters. The van der Waals surface area contributed by atoms with Crippen molar-refractivity contribution < 1.29 is 48.8 Å². The highest BCUT2D eigenvalue weighted by molar-refractivity contribution is 6.08. The average Bonchev–Trinajstić information content (AvgIpc) is 3.30. The van der Waals surface area contributed by atoms with Crippen molar-refractivity contribution in [3.8, 4) is 11.5 Å². The molecule has 1 aromatic rings. The number of phenols is 1. The minimum Gasteiger partial charge on any atom is -0.504 e. The van der Waals surface area contributed by atoms with E-state index in [0.29, 0.717) is 11.1 Å². The van der Waals surface area contributed by atoms with Crippen LogP contribution in [0.4, 0.5) is 0 Å². The van der Waals surface area contributed by atoms with Crippen LogP contribution < -0.4 is 4.74 Å². The standard InChI is InChI=1S/C28H30N2O10/c1-2-40-18-5-3-4-14(24(18)35)21-13-6-7-15-22(27(38)29(25(15)36)10-8-19(31)32)16(13)12-17-23(21)28(39)30(26(17)37)11-9-20(33)34/h3-6,15-17,21-23,35H,2,7-12H2,1H3,(H,31,32)(H,33,34)/t15-,16+,17+,21+,22-,23+/m0/s1. The number of rotatable bonds is 9. The Labute approximate surface area is 229 Å². The molecule has 1 aromatic carbocycles. The van der Waals surface area contributed by atoms with Gasteiger partial charge in [-0.2, -0.15) is 0 Å². The predicted molar refractivity (Wildman–Crippen MR) is 135 cm³/mol. The van der Waals surface area contributed by atoms with Crippen LogP contribution in [-0.2, 0) is 28.8 Å². The molecule has 4 aliphatic rings. The number of aliphatic carboxylic acids is 2. The van der Waals surface area contributed by atoms with Crippen molar-refractivity contribution in [1.29, 1.82) is 0 Å². The molecule has 0 radical (unpaired) electrons. The molecule has 0 bridgehead atoms. The number of ether oxygens (including phenoxy) is 1. The third-order valence-corrected chi connectivity index (χ3v) is 8.59. The number of fused-ring (bicyclic) bond motifs is 4. The maximum atomic E-state index is 13.7. The number of imide groups is 2. The Kier molecular flexibility index (Phi) is 7.11. The number of likely N-dealkylation sites (tertiary alicyclic amines) is 2. The number of phenolic OH excluding ortho intramolecular Hbond substituents is 1. The Balaban J connectivity index is 1.59. The number of nitrogens with zero attached hydrogens (tertiary/aromatic N) is 2. The van der Waals surface area contributed by atoms with E-state index in [-0.39, 0.29) is 44.0 Å². The van der Waals surface area contributed by atoms with Crippen LogP contribution in [0.1, 0.15) is 44.1 Å². The van der Waals surface area contributed by atoms with Crippen molar-refractivity contribution in [2.75, 3.05) is 19.7 Å². The first kappa shape index (κ1) is 27.4. The van der Waals surface area contributed by atoms with E-state index in [2.05, 4.69) is 0 Å². The molecule has 3 fully saturated rings. The molecule has 12 heteroatoms. The molecule has 0 spiro atoms. The van der Waals surface area contributed by atoms with Crippen molar-refractivity contribution in [2.24, 2.45) is 29.6 Å². The molecule has 212 valence electrons. The number of hydrogen-bond donors (Lipinski definition) is 3. The van der Waals surface area contributed by atoms with E-state index < -0.39 is 83.9 Å². The number of allylic oxidation sites excluding steroid dienone is 2. The Morgan fingerprint density at radius 2 is 1.48 bits per heavy atom. The van der Waals surface area contributed by atoms with Gasteiger partial charge in [0.15, 0.2) is 11.5 Å². The summed E-state index contributed by atoms with van der Waals surface area (Å²) in [6.07, 6.45) is 1.28. The number of carbonyl (C=O) groups excluding carboxylic acids is 4. The van der Waals surface area contributed by atoms with Gasteiger partial charge in [-0.25, -0.2) is 0 Å². The predicted octanol–water partition coefficient (Wildman–Crippen LogP) is 1.38. The third kappa shape index (κ3) is 4.31. The first-order chi connectivity index (χ1) is 19.1. The highest BCUT2D eigenvalue weighted by Crippen LogP contribution is 2.59. The van der Waals surface area contributed by atoms with Gasteiger partial charge < -0.3 is 20.1 Å². The maximum absolute atomic E-state index is 13.7. The average molecular weight is 555 g/mol. The zero-order chi connectivity index (χ0) is 28.9. The number of hydrogen-bond acceptors (Lipinski definition) is 8. The largest absolute Gasteiger partial charge is 0.504 e. The fraction of sp³-hybridized carbons (Fsp3) is 0.500. The Morgan fingerprint density at radius 1 is 0.875 bits per heavy atom. The smallest absolute Gasteiger partial charge is 0.305 e. The minimum atomic E-state index is -1.16. The lowest BCUT2D eigenvalue weighted by atomic mass is 9.57. The third-order valence-electron chi connectivity index (χ3n) is 8.59. The number of para-hydroxylation sites is 1. The van der Waals surface area contributed by atoms with Crippen LogP contribution in [0, 0.1) is 29.6 Å². The summed E-state index contributed by atoms with van der Waals surface area (Å²) >= 11 is 0. The van der Waals surface area contributed by atoms with Crippen molar-refractivity contribution in [3.05, 3.63) is 35.4 Å². The number of carboxylic acids is 2. The summed E-state index contributed by atoms with van der Waals surface area (Å²) in [5.74, 6) is -9.14. The summed E-state index contributed by atoms with van der Waals surface area (Å²) in [6.45, 7) is 1.47. The topological polar surface area (TPSA) is 179 Å². The molecule has 5 rings (SSSR count). The van der Waals surface area contributed by atoms with Crippen molar-refractivity contribution in [1.82, 2.24) is 9.80 Å². The van der Waals surface area contributed by atoms with Gasteiger partial charge in [0, 0.05) is 24.6 Å².